The average molecular weight is 184 g/mol. The van der Waals surface area contributed by atoms with E-state index in [0.717, 1.165) is 6.26 Å². The van der Waals surface area contributed by atoms with E-state index in [2.05, 4.69) is 11.3 Å². The summed E-state index contributed by atoms with van der Waals surface area (Å²) in [6, 6.07) is 0. The van der Waals surface area contributed by atoms with Gasteiger partial charge in [0, 0.05) is 13.8 Å². The van der Waals surface area contributed by atoms with Crippen LogP contribution in [0.4, 0.5) is 0 Å². The monoisotopic (exact) mass is 184 g/mol. The number of hydrogen-bond acceptors (Lipinski definition) is 4. The van der Waals surface area contributed by atoms with Crippen molar-refractivity contribution in [2.24, 2.45) is 0 Å². The minimum atomic E-state index is -0.485. The van der Waals surface area contributed by atoms with Gasteiger partial charge in [-0.2, -0.15) is 0 Å². The Morgan fingerprint density at radius 2 is 1.69 bits per heavy atom. The van der Waals surface area contributed by atoms with Crippen molar-refractivity contribution in [3.05, 3.63) is 24.2 Å². The van der Waals surface area contributed by atoms with Crippen molar-refractivity contribution in [2.75, 3.05) is 0 Å². The van der Waals surface area contributed by atoms with E-state index in [4.69, 9.17) is 4.74 Å². The molecule has 0 heterocycles. The van der Waals surface area contributed by atoms with E-state index in [-0.39, 0.29) is 5.76 Å². The number of rotatable bonds is 3. The maximum Gasteiger partial charge on any atom is 0.308 e. The molecule has 0 aliphatic heterocycles. The van der Waals surface area contributed by atoms with Crippen molar-refractivity contribution in [1.29, 1.82) is 0 Å². The van der Waals surface area contributed by atoms with Crippen molar-refractivity contribution in [3.8, 4) is 0 Å². The van der Waals surface area contributed by atoms with Crippen LogP contribution in [-0.4, -0.2) is 11.9 Å². The highest BCUT2D eigenvalue weighted by Crippen LogP contribution is 2.08. The second-order valence-corrected chi connectivity index (χ2v) is 2.47. The molecular weight excluding hydrogens is 172 g/mol. The highest BCUT2D eigenvalue weighted by Gasteiger charge is 2.04. The molecule has 4 heteroatoms. The zero-order chi connectivity index (χ0) is 10.4. The zero-order valence-electron chi connectivity index (χ0n) is 7.92. The van der Waals surface area contributed by atoms with E-state index >= 15 is 0 Å². The van der Waals surface area contributed by atoms with E-state index in [1.165, 1.54) is 13.8 Å². The van der Waals surface area contributed by atoms with Crippen LogP contribution in [0.5, 0.6) is 0 Å². The van der Waals surface area contributed by atoms with Crippen molar-refractivity contribution in [3.63, 3.8) is 0 Å². The molecule has 0 aliphatic rings. The molecule has 0 rings (SSSR count). The SMILES string of the molecule is C=C(C)/C(=C/OC(C)=O)OC(C)=O. The highest BCUT2D eigenvalue weighted by molar-refractivity contribution is 5.69. The van der Waals surface area contributed by atoms with E-state index in [0.29, 0.717) is 5.57 Å². The van der Waals surface area contributed by atoms with Gasteiger partial charge in [0.05, 0.1) is 0 Å². The Kier molecular flexibility index (Phi) is 4.51. The van der Waals surface area contributed by atoms with Gasteiger partial charge in [-0.05, 0) is 12.5 Å². The summed E-state index contributed by atoms with van der Waals surface area (Å²) >= 11 is 0. The zero-order valence-corrected chi connectivity index (χ0v) is 7.92. The predicted octanol–water partition coefficient (Wildman–Crippen LogP) is 1.53. The first-order chi connectivity index (χ1) is 5.93. The summed E-state index contributed by atoms with van der Waals surface area (Å²) in [6.45, 7) is 7.69. The molecule has 72 valence electrons. The van der Waals surface area contributed by atoms with Crippen LogP contribution >= 0.6 is 0 Å². The van der Waals surface area contributed by atoms with Crippen molar-refractivity contribution < 1.29 is 19.1 Å². The van der Waals surface area contributed by atoms with Gasteiger partial charge in [-0.1, -0.05) is 6.58 Å². The Morgan fingerprint density at radius 3 is 2.00 bits per heavy atom. The molecule has 4 nitrogen and oxygen atoms in total. The van der Waals surface area contributed by atoms with Crippen LogP contribution in [0.25, 0.3) is 0 Å². The van der Waals surface area contributed by atoms with Crippen LogP contribution in [0.2, 0.25) is 0 Å². The third kappa shape index (κ3) is 5.66. The van der Waals surface area contributed by atoms with Crippen LogP contribution in [0.1, 0.15) is 20.8 Å². The lowest BCUT2D eigenvalue weighted by atomic mass is 10.3. The van der Waals surface area contributed by atoms with Gasteiger partial charge in [0.2, 0.25) is 0 Å². The van der Waals surface area contributed by atoms with Crippen LogP contribution in [0.3, 0.4) is 0 Å². The summed E-state index contributed by atoms with van der Waals surface area (Å²) in [5.41, 5.74) is 0.511. The number of allylic oxidation sites excluding steroid dienone is 1. The third-order valence-electron chi connectivity index (χ3n) is 1.01. The minimum Gasteiger partial charge on any atom is -0.431 e. The molecule has 0 saturated heterocycles. The second-order valence-electron chi connectivity index (χ2n) is 2.47. The van der Waals surface area contributed by atoms with Crippen molar-refractivity contribution in [1.82, 2.24) is 0 Å². The first-order valence-corrected chi connectivity index (χ1v) is 3.65. The molecule has 0 spiro atoms. The van der Waals surface area contributed by atoms with Gasteiger partial charge in [-0.15, -0.1) is 0 Å². The van der Waals surface area contributed by atoms with Gasteiger partial charge in [0.15, 0.2) is 5.76 Å². The fourth-order valence-corrected chi connectivity index (χ4v) is 0.503. The van der Waals surface area contributed by atoms with E-state index in [1.807, 2.05) is 0 Å². The van der Waals surface area contributed by atoms with Gasteiger partial charge >= 0.3 is 11.9 Å². The maximum atomic E-state index is 10.6. The maximum absolute atomic E-state index is 10.6. The molecule has 0 aromatic carbocycles. The molecule has 0 radical (unpaired) electrons. The first kappa shape index (κ1) is 11.4. The number of carbonyl (C=O) groups excluding carboxylic acids is 2. The summed E-state index contributed by atoms with van der Waals surface area (Å²) < 4.78 is 9.23. The van der Waals surface area contributed by atoms with Crippen LogP contribution in [0.15, 0.2) is 24.2 Å². The predicted molar refractivity (Wildman–Crippen MR) is 46.4 cm³/mol. The molecule has 0 N–H and O–H groups in total. The molecule has 0 atom stereocenters. The molecule has 0 saturated carbocycles. The summed E-state index contributed by atoms with van der Waals surface area (Å²) in [6.07, 6.45) is 1.06. The van der Waals surface area contributed by atoms with Gasteiger partial charge in [-0.25, -0.2) is 0 Å². The van der Waals surface area contributed by atoms with Crippen molar-refractivity contribution >= 4 is 11.9 Å². The van der Waals surface area contributed by atoms with Crippen LogP contribution in [0, 0.1) is 0 Å². The Hall–Kier alpha value is -1.58. The van der Waals surface area contributed by atoms with Crippen molar-refractivity contribution in [2.45, 2.75) is 20.8 Å². The standard InChI is InChI=1S/C9H12O4/c1-6(2)9(13-8(4)11)5-12-7(3)10/h5H,1H2,2-4H3/b9-5-. The molecule has 0 bridgehead atoms. The Balaban J connectivity index is 4.41. The Labute approximate surface area is 76.8 Å². The van der Waals surface area contributed by atoms with Crippen LogP contribution < -0.4 is 0 Å². The van der Waals surface area contributed by atoms with E-state index in [1.54, 1.807) is 6.92 Å². The van der Waals surface area contributed by atoms with Gasteiger partial charge in [0.1, 0.15) is 6.26 Å². The quantitative estimate of drug-likeness (QED) is 0.379. The van der Waals surface area contributed by atoms with Gasteiger partial charge in [0.25, 0.3) is 0 Å². The lowest BCUT2D eigenvalue weighted by Gasteiger charge is -2.04. The smallest absolute Gasteiger partial charge is 0.308 e. The summed E-state index contributed by atoms with van der Waals surface area (Å²) in [4.78, 5) is 21.0. The summed E-state index contributed by atoms with van der Waals surface area (Å²) in [5.74, 6) is -0.810. The fraction of sp³-hybridized carbons (Fsp3) is 0.333. The lowest BCUT2D eigenvalue weighted by Crippen LogP contribution is -2.01. The van der Waals surface area contributed by atoms with E-state index < -0.39 is 11.9 Å². The molecule has 0 aromatic rings. The number of carbonyl (C=O) groups is 2. The van der Waals surface area contributed by atoms with Gasteiger partial charge in [-0.3, -0.25) is 9.59 Å². The largest absolute Gasteiger partial charge is 0.431 e. The molecule has 13 heavy (non-hydrogen) atoms. The van der Waals surface area contributed by atoms with E-state index in [9.17, 15) is 9.59 Å². The molecule has 0 aromatic heterocycles. The minimum absolute atomic E-state index is 0.155. The first-order valence-electron chi connectivity index (χ1n) is 3.65. The van der Waals surface area contributed by atoms with Crippen LogP contribution in [-0.2, 0) is 19.1 Å². The Bertz CT molecular complexity index is 263. The fourth-order valence-electron chi connectivity index (χ4n) is 0.503. The molecule has 0 unspecified atom stereocenters. The van der Waals surface area contributed by atoms with Gasteiger partial charge < -0.3 is 9.47 Å². The molecule has 0 amide bonds. The number of hydrogen-bond donors (Lipinski definition) is 0. The molecule has 0 aliphatic carbocycles. The second kappa shape index (κ2) is 5.13. The number of esters is 2. The summed E-state index contributed by atoms with van der Waals surface area (Å²) in [7, 11) is 0. The number of ether oxygens (including phenoxy) is 2. The average Bonchev–Trinajstić information content (AvgIpc) is 1.96. The molecule has 0 fully saturated rings. The lowest BCUT2D eigenvalue weighted by molar-refractivity contribution is -0.139. The normalized spacial score (nSPS) is 10.5. The summed E-state index contributed by atoms with van der Waals surface area (Å²) in [5, 5.41) is 0. The topological polar surface area (TPSA) is 52.6 Å². The highest BCUT2D eigenvalue weighted by atomic mass is 16.6. The third-order valence-corrected chi connectivity index (χ3v) is 1.01. The molecular formula is C9H12O4. The Morgan fingerprint density at radius 1 is 1.15 bits per heavy atom.